The molecule has 0 bridgehead atoms. The Morgan fingerprint density at radius 1 is 1.03 bits per heavy atom. The van der Waals surface area contributed by atoms with E-state index in [2.05, 4.69) is 39.6 Å². The maximum Gasteiger partial charge on any atom is 0.322 e. The van der Waals surface area contributed by atoms with Crippen molar-refractivity contribution >= 4 is 23.7 Å². The highest BCUT2D eigenvalue weighted by Crippen LogP contribution is 2.27. The smallest absolute Gasteiger partial charge is 0.322 e. The number of amides is 1. The van der Waals surface area contributed by atoms with E-state index in [-0.39, 0.29) is 17.7 Å². The number of hydrogen-bond donors (Lipinski definition) is 1. The van der Waals surface area contributed by atoms with Gasteiger partial charge in [-0.2, -0.15) is 0 Å². The van der Waals surface area contributed by atoms with Crippen molar-refractivity contribution in [2.45, 2.75) is 25.5 Å². The SMILES string of the molecule is COc1ccc(-c2nnc(SCC(=O)Nc3nnc(-c4ccccc4)o3)n2CC(C)C)cc1. The number of rotatable bonds is 9. The average molecular weight is 465 g/mol. The Morgan fingerprint density at radius 3 is 2.48 bits per heavy atom. The zero-order chi connectivity index (χ0) is 23.2. The molecule has 0 aliphatic heterocycles. The lowest BCUT2D eigenvalue weighted by Crippen LogP contribution is -2.15. The summed E-state index contributed by atoms with van der Waals surface area (Å²) in [5.74, 6) is 2.10. The highest BCUT2D eigenvalue weighted by Gasteiger charge is 2.18. The fraction of sp³-hybridized carbons (Fsp3) is 0.261. The van der Waals surface area contributed by atoms with E-state index in [0.717, 1.165) is 29.2 Å². The number of benzene rings is 2. The Balaban J connectivity index is 1.43. The van der Waals surface area contributed by atoms with Crippen molar-refractivity contribution in [1.82, 2.24) is 25.0 Å². The van der Waals surface area contributed by atoms with Gasteiger partial charge >= 0.3 is 6.01 Å². The molecule has 170 valence electrons. The second kappa shape index (κ2) is 10.3. The van der Waals surface area contributed by atoms with Crippen LogP contribution in [0.4, 0.5) is 6.01 Å². The van der Waals surface area contributed by atoms with Gasteiger partial charge in [0.1, 0.15) is 5.75 Å². The Hall–Kier alpha value is -3.66. The van der Waals surface area contributed by atoms with Crippen molar-refractivity contribution in [3.05, 3.63) is 54.6 Å². The molecule has 9 nitrogen and oxygen atoms in total. The van der Waals surface area contributed by atoms with Crippen molar-refractivity contribution in [3.8, 4) is 28.6 Å². The van der Waals surface area contributed by atoms with E-state index in [1.165, 1.54) is 11.8 Å². The zero-order valence-corrected chi connectivity index (χ0v) is 19.4. The molecule has 0 radical (unpaired) electrons. The van der Waals surface area contributed by atoms with Crippen molar-refractivity contribution in [2.24, 2.45) is 5.92 Å². The molecule has 0 fully saturated rings. The van der Waals surface area contributed by atoms with E-state index in [9.17, 15) is 4.79 Å². The number of nitrogens with one attached hydrogen (secondary N) is 1. The zero-order valence-electron chi connectivity index (χ0n) is 18.6. The summed E-state index contributed by atoms with van der Waals surface area (Å²) in [7, 11) is 1.63. The lowest BCUT2D eigenvalue weighted by molar-refractivity contribution is -0.113. The van der Waals surface area contributed by atoms with E-state index in [0.29, 0.717) is 17.0 Å². The van der Waals surface area contributed by atoms with Crippen molar-refractivity contribution in [2.75, 3.05) is 18.2 Å². The average Bonchev–Trinajstić information content (AvgIpc) is 3.45. The number of carbonyl (C=O) groups excluding carboxylic acids is 1. The largest absolute Gasteiger partial charge is 0.497 e. The number of carbonyl (C=O) groups is 1. The monoisotopic (exact) mass is 464 g/mol. The normalized spacial score (nSPS) is 11.0. The number of methoxy groups -OCH3 is 1. The summed E-state index contributed by atoms with van der Waals surface area (Å²) in [6, 6.07) is 17.1. The maximum atomic E-state index is 12.5. The fourth-order valence-corrected chi connectivity index (χ4v) is 3.88. The molecule has 2 aromatic heterocycles. The van der Waals surface area contributed by atoms with E-state index in [1.807, 2.05) is 59.2 Å². The Morgan fingerprint density at radius 2 is 1.79 bits per heavy atom. The van der Waals surface area contributed by atoms with E-state index < -0.39 is 0 Å². The third-order valence-corrected chi connectivity index (χ3v) is 5.60. The van der Waals surface area contributed by atoms with Crippen LogP contribution in [-0.2, 0) is 11.3 Å². The van der Waals surface area contributed by atoms with Crippen LogP contribution in [0, 0.1) is 5.92 Å². The van der Waals surface area contributed by atoms with Gasteiger partial charge in [0.05, 0.1) is 12.9 Å². The molecule has 1 N–H and O–H groups in total. The third-order valence-electron chi connectivity index (χ3n) is 4.64. The molecular weight excluding hydrogens is 440 g/mol. The van der Waals surface area contributed by atoms with Crippen LogP contribution in [0.1, 0.15) is 13.8 Å². The lowest BCUT2D eigenvalue weighted by atomic mass is 10.2. The first-order valence-corrected chi connectivity index (χ1v) is 11.4. The summed E-state index contributed by atoms with van der Waals surface area (Å²) in [5, 5.41) is 19.9. The van der Waals surface area contributed by atoms with Gasteiger partial charge in [0.25, 0.3) is 0 Å². The summed E-state index contributed by atoms with van der Waals surface area (Å²) in [4.78, 5) is 12.5. The van der Waals surface area contributed by atoms with Crippen LogP contribution in [0.15, 0.2) is 64.2 Å². The fourth-order valence-electron chi connectivity index (χ4n) is 3.14. The highest BCUT2D eigenvalue weighted by atomic mass is 32.2. The molecule has 0 atom stereocenters. The molecular formula is C23H24N6O3S. The molecule has 4 rings (SSSR count). The standard InChI is InChI=1S/C23H24N6O3S/c1-15(2)13-29-20(16-9-11-18(31-3)12-10-16)25-28-23(29)33-14-19(30)24-22-27-26-21(32-22)17-7-5-4-6-8-17/h4-12,15H,13-14H2,1-3H3,(H,24,27,30). The first-order valence-electron chi connectivity index (χ1n) is 10.4. The topological polar surface area (TPSA) is 108 Å². The van der Waals surface area contributed by atoms with E-state index >= 15 is 0 Å². The van der Waals surface area contributed by atoms with Gasteiger partial charge in [0.2, 0.25) is 11.8 Å². The summed E-state index contributed by atoms with van der Waals surface area (Å²) >= 11 is 1.31. The Kier molecular flexibility index (Phi) is 7.04. The minimum atomic E-state index is -0.270. The van der Waals surface area contributed by atoms with Crippen LogP contribution < -0.4 is 10.1 Å². The molecule has 2 aromatic carbocycles. The van der Waals surface area contributed by atoms with Gasteiger partial charge in [-0.1, -0.05) is 48.9 Å². The minimum Gasteiger partial charge on any atom is -0.497 e. The maximum absolute atomic E-state index is 12.5. The lowest BCUT2D eigenvalue weighted by Gasteiger charge is -2.12. The molecule has 0 aliphatic carbocycles. The van der Waals surface area contributed by atoms with Crippen LogP contribution in [-0.4, -0.2) is 43.7 Å². The van der Waals surface area contributed by atoms with Crippen LogP contribution in [0.3, 0.4) is 0 Å². The summed E-state index contributed by atoms with van der Waals surface area (Å²) in [6.07, 6.45) is 0. The van der Waals surface area contributed by atoms with Gasteiger partial charge in [0.15, 0.2) is 11.0 Å². The van der Waals surface area contributed by atoms with Gasteiger partial charge in [-0.05, 0) is 42.3 Å². The first kappa shape index (κ1) is 22.5. The number of nitrogens with zero attached hydrogens (tertiary/aromatic N) is 5. The molecule has 10 heteroatoms. The third kappa shape index (κ3) is 5.58. The number of ether oxygens (including phenoxy) is 1. The van der Waals surface area contributed by atoms with Crippen molar-refractivity contribution in [1.29, 1.82) is 0 Å². The van der Waals surface area contributed by atoms with Crippen LogP contribution >= 0.6 is 11.8 Å². The molecule has 2 heterocycles. The van der Waals surface area contributed by atoms with Crippen molar-refractivity contribution in [3.63, 3.8) is 0 Å². The van der Waals surface area contributed by atoms with Crippen LogP contribution in [0.25, 0.3) is 22.8 Å². The van der Waals surface area contributed by atoms with Gasteiger partial charge in [0, 0.05) is 17.7 Å². The second-order valence-corrected chi connectivity index (χ2v) is 8.60. The Labute approximate surface area is 195 Å². The summed E-state index contributed by atoms with van der Waals surface area (Å²) < 4.78 is 12.8. The summed E-state index contributed by atoms with van der Waals surface area (Å²) in [6.45, 7) is 4.97. The van der Waals surface area contributed by atoms with Crippen LogP contribution in [0.2, 0.25) is 0 Å². The second-order valence-electron chi connectivity index (χ2n) is 7.65. The molecule has 0 spiro atoms. The first-order chi connectivity index (χ1) is 16.0. The van der Waals surface area contributed by atoms with Gasteiger partial charge in [-0.3, -0.25) is 10.1 Å². The predicted molar refractivity (Wildman–Crippen MR) is 126 cm³/mol. The van der Waals surface area contributed by atoms with E-state index in [4.69, 9.17) is 9.15 Å². The molecule has 0 saturated heterocycles. The molecule has 1 amide bonds. The number of thioether (sulfide) groups is 1. The Bertz CT molecular complexity index is 1200. The molecule has 33 heavy (non-hydrogen) atoms. The van der Waals surface area contributed by atoms with Crippen molar-refractivity contribution < 1.29 is 13.9 Å². The number of hydrogen-bond acceptors (Lipinski definition) is 8. The predicted octanol–water partition coefficient (Wildman–Crippen LogP) is 4.39. The van der Waals surface area contributed by atoms with Gasteiger partial charge in [-0.25, -0.2) is 0 Å². The van der Waals surface area contributed by atoms with Crippen LogP contribution in [0.5, 0.6) is 5.75 Å². The highest BCUT2D eigenvalue weighted by molar-refractivity contribution is 7.99. The molecule has 0 saturated carbocycles. The molecule has 4 aromatic rings. The van der Waals surface area contributed by atoms with Gasteiger partial charge < -0.3 is 13.7 Å². The van der Waals surface area contributed by atoms with E-state index in [1.54, 1.807) is 7.11 Å². The summed E-state index contributed by atoms with van der Waals surface area (Å²) in [5.41, 5.74) is 1.72. The number of aromatic nitrogens is 5. The minimum absolute atomic E-state index is 0.0574. The molecule has 0 unspecified atom stereocenters. The quantitative estimate of drug-likeness (QED) is 0.363. The molecule has 0 aliphatic rings. The van der Waals surface area contributed by atoms with Gasteiger partial charge in [-0.15, -0.1) is 15.3 Å². The number of anilines is 1.